The van der Waals surface area contributed by atoms with Crippen molar-refractivity contribution in [3.8, 4) is 16.9 Å². The van der Waals surface area contributed by atoms with Crippen LogP contribution >= 0.6 is 43.5 Å². The highest BCUT2D eigenvalue weighted by Gasteiger charge is 2.36. The molecule has 0 bridgehead atoms. The normalized spacial score (nSPS) is 14.3. The lowest BCUT2D eigenvalue weighted by Crippen LogP contribution is -2.51. The van der Waals surface area contributed by atoms with Gasteiger partial charge in [0.2, 0.25) is 0 Å². The van der Waals surface area contributed by atoms with Crippen LogP contribution < -0.4 is 9.46 Å². The Kier molecular flexibility index (Phi) is 11.1. The van der Waals surface area contributed by atoms with Crippen LogP contribution in [0.1, 0.15) is 22.3 Å². The first-order chi connectivity index (χ1) is 24.8. The average Bonchev–Trinajstić information content (AvgIpc) is 3.12. The number of non-ortho nitro benzene ring substituents is 1. The summed E-state index contributed by atoms with van der Waals surface area (Å²) < 4.78 is 36.2. The fourth-order valence-corrected chi connectivity index (χ4v) is 8.63. The zero-order valence-corrected chi connectivity index (χ0v) is 31.6. The van der Waals surface area contributed by atoms with Crippen LogP contribution in [0.15, 0.2) is 117 Å². The fraction of sp³-hybridized carbons (Fsp3) is 0.139. The number of fused-ring (bicyclic) bond motifs is 1. The molecule has 0 spiro atoms. The van der Waals surface area contributed by atoms with Crippen LogP contribution in [-0.2, 0) is 40.9 Å². The lowest BCUT2D eigenvalue weighted by atomic mass is 9.92. The third-order valence-corrected chi connectivity index (χ3v) is 11.6. The molecule has 0 radical (unpaired) electrons. The third kappa shape index (κ3) is 8.18. The standard InChI is InChI=1S/C36H27Br2ClN4O8S/c37-30-16-26-17-33(36(44)40-52(49,50)28-14-15-31(39)32(18-28)43(47)48)41(19-22-6-10-25(11-7-22)24-4-2-1-3-5-24)20-29(26)34(38)35(30)51-21-23-8-12-27(13-9-23)42(45)46/h1-16,18,33H,17,19-21H2,(H,40,44)/t33-/m0/s1. The van der Waals surface area contributed by atoms with Crippen molar-refractivity contribution >= 4 is 70.8 Å². The van der Waals surface area contributed by atoms with Gasteiger partial charge >= 0.3 is 0 Å². The molecule has 266 valence electrons. The second-order valence-corrected chi connectivity index (χ2v) is 15.6. The van der Waals surface area contributed by atoms with Gasteiger partial charge in [0.15, 0.2) is 0 Å². The zero-order valence-electron chi connectivity index (χ0n) is 26.9. The number of nitro benzene ring substituents is 2. The Bertz CT molecular complexity index is 2290. The quantitative estimate of drug-likeness (QED) is 0.102. The van der Waals surface area contributed by atoms with Crippen LogP contribution in [0.4, 0.5) is 11.4 Å². The highest BCUT2D eigenvalue weighted by molar-refractivity contribution is 9.11. The minimum absolute atomic E-state index is 0.0319. The number of ether oxygens (including phenoxy) is 1. The van der Waals surface area contributed by atoms with E-state index in [9.17, 15) is 33.4 Å². The van der Waals surface area contributed by atoms with Crippen molar-refractivity contribution in [1.29, 1.82) is 0 Å². The summed E-state index contributed by atoms with van der Waals surface area (Å²) in [7, 11) is -4.52. The predicted molar refractivity (Wildman–Crippen MR) is 201 cm³/mol. The molecular weight excluding hydrogens is 844 g/mol. The Morgan fingerprint density at radius 3 is 2.19 bits per heavy atom. The molecule has 0 aliphatic carbocycles. The van der Waals surface area contributed by atoms with Crippen molar-refractivity contribution in [2.75, 3.05) is 0 Å². The van der Waals surface area contributed by atoms with Crippen LogP contribution in [0.3, 0.4) is 0 Å². The van der Waals surface area contributed by atoms with Crippen molar-refractivity contribution in [3.05, 3.63) is 160 Å². The molecule has 0 saturated carbocycles. The van der Waals surface area contributed by atoms with Crippen LogP contribution in [0.2, 0.25) is 5.02 Å². The first-order valence-corrected chi connectivity index (χ1v) is 19.0. The molecule has 6 rings (SSSR count). The highest BCUT2D eigenvalue weighted by Crippen LogP contribution is 2.42. The number of carbonyl (C=O) groups is 1. The Hall–Kier alpha value is -4.67. The number of halogens is 3. The van der Waals surface area contributed by atoms with Gasteiger partial charge in [-0.2, -0.15) is 0 Å². The molecular formula is C36H27Br2ClN4O8S. The number of rotatable bonds is 11. The van der Waals surface area contributed by atoms with E-state index in [1.54, 1.807) is 12.1 Å². The van der Waals surface area contributed by atoms with E-state index in [0.29, 0.717) is 20.3 Å². The summed E-state index contributed by atoms with van der Waals surface area (Å²) in [5, 5.41) is 22.2. The Labute approximate surface area is 320 Å². The zero-order chi connectivity index (χ0) is 37.2. The molecule has 0 unspecified atom stereocenters. The summed E-state index contributed by atoms with van der Waals surface area (Å²) in [6.45, 7) is 0.625. The van der Waals surface area contributed by atoms with Crippen molar-refractivity contribution in [3.63, 3.8) is 0 Å². The topological polar surface area (TPSA) is 162 Å². The SMILES string of the molecule is O=C(NS(=O)(=O)c1ccc(Cl)c([N+](=O)[O-])c1)[C@@H]1Cc2cc(Br)c(OCc3ccc([N+](=O)[O-])cc3)c(Br)c2CN1Cc1ccc(-c2ccccc2)cc1. The van der Waals surface area contributed by atoms with Crippen LogP contribution in [0.25, 0.3) is 11.1 Å². The molecule has 1 aliphatic heterocycles. The van der Waals surface area contributed by atoms with Gasteiger partial charge in [-0.1, -0.05) is 66.2 Å². The number of sulfonamides is 1. The molecule has 0 aromatic heterocycles. The summed E-state index contributed by atoms with van der Waals surface area (Å²) in [5.74, 6) is -0.325. The fourth-order valence-electron chi connectivity index (χ4n) is 5.85. The first-order valence-electron chi connectivity index (χ1n) is 15.6. The molecule has 1 aliphatic rings. The van der Waals surface area contributed by atoms with Gasteiger partial charge in [0, 0.05) is 31.3 Å². The second kappa shape index (κ2) is 15.5. The second-order valence-electron chi connectivity index (χ2n) is 11.9. The van der Waals surface area contributed by atoms with Crippen molar-refractivity contribution in [2.45, 2.75) is 37.1 Å². The smallest absolute Gasteiger partial charge is 0.289 e. The van der Waals surface area contributed by atoms with Gasteiger partial charge in [-0.05, 0) is 102 Å². The summed E-state index contributed by atoms with van der Waals surface area (Å²) in [4.78, 5) is 36.5. The van der Waals surface area contributed by atoms with E-state index < -0.39 is 42.4 Å². The molecule has 16 heteroatoms. The number of hydrogen-bond donors (Lipinski definition) is 1. The van der Waals surface area contributed by atoms with Gasteiger partial charge in [-0.15, -0.1) is 0 Å². The monoisotopic (exact) mass is 868 g/mol. The van der Waals surface area contributed by atoms with Gasteiger partial charge in [0.05, 0.1) is 29.7 Å². The number of nitrogens with zero attached hydrogens (tertiary/aromatic N) is 3. The molecule has 5 aromatic carbocycles. The van der Waals surface area contributed by atoms with E-state index in [4.69, 9.17) is 16.3 Å². The van der Waals surface area contributed by atoms with E-state index in [1.165, 1.54) is 12.1 Å². The minimum atomic E-state index is -4.52. The van der Waals surface area contributed by atoms with Gasteiger partial charge in [-0.25, -0.2) is 13.1 Å². The predicted octanol–water partition coefficient (Wildman–Crippen LogP) is 8.36. The van der Waals surface area contributed by atoms with Gasteiger partial charge in [0.25, 0.3) is 27.3 Å². The molecule has 1 heterocycles. The van der Waals surface area contributed by atoms with Crippen molar-refractivity contribution < 1.29 is 27.8 Å². The summed E-state index contributed by atoms with van der Waals surface area (Å²) in [6.07, 6.45) is 0.124. The molecule has 0 saturated heterocycles. The lowest BCUT2D eigenvalue weighted by Gasteiger charge is -2.37. The van der Waals surface area contributed by atoms with Crippen LogP contribution in [0, 0.1) is 20.2 Å². The Morgan fingerprint density at radius 2 is 1.54 bits per heavy atom. The molecule has 1 N–H and O–H groups in total. The molecule has 1 amide bonds. The van der Waals surface area contributed by atoms with Crippen molar-refractivity contribution in [1.82, 2.24) is 9.62 Å². The average molecular weight is 871 g/mol. The number of nitro groups is 2. The molecule has 0 fully saturated rings. The molecule has 12 nitrogen and oxygen atoms in total. The maximum atomic E-state index is 13.9. The molecule has 52 heavy (non-hydrogen) atoms. The highest BCUT2D eigenvalue weighted by atomic mass is 79.9. The van der Waals surface area contributed by atoms with E-state index >= 15 is 0 Å². The minimum Gasteiger partial charge on any atom is -0.487 e. The molecule has 5 aromatic rings. The summed E-state index contributed by atoms with van der Waals surface area (Å²) in [6, 6.07) is 27.6. The number of benzene rings is 5. The van der Waals surface area contributed by atoms with E-state index in [1.807, 2.05) is 65.6 Å². The largest absolute Gasteiger partial charge is 0.487 e. The maximum absolute atomic E-state index is 13.9. The number of nitrogens with one attached hydrogen (secondary N) is 1. The van der Waals surface area contributed by atoms with Gasteiger partial charge in [-0.3, -0.25) is 29.9 Å². The van der Waals surface area contributed by atoms with Gasteiger partial charge < -0.3 is 4.74 Å². The van der Waals surface area contributed by atoms with Crippen LogP contribution in [0.5, 0.6) is 5.75 Å². The number of hydrogen-bond acceptors (Lipinski definition) is 9. The third-order valence-electron chi connectivity index (χ3n) is 8.52. The number of amides is 1. The van der Waals surface area contributed by atoms with Gasteiger partial charge in [0.1, 0.15) is 17.4 Å². The Balaban J connectivity index is 1.30. The van der Waals surface area contributed by atoms with Crippen LogP contribution in [-0.4, -0.2) is 35.1 Å². The summed E-state index contributed by atoms with van der Waals surface area (Å²) in [5.41, 5.74) is 4.59. The summed E-state index contributed by atoms with van der Waals surface area (Å²) >= 11 is 13.2. The van der Waals surface area contributed by atoms with E-state index in [0.717, 1.165) is 46.0 Å². The Morgan fingerprint density at radius 1 is 0.885 bits per heavy atom. The maximum Gasteiger partial charge on any atom is 0.289 e. The first kappa shape index (κ1) is 37.1. The molecule has 1 atom stereocenters. The number of carbonyl (C=O) groups excluding carboxylic acids is 1. The van der Waals surface area contributed by atoms with E-state index in [-0.39, 0.29) is 36.8 Å². The van der Waals surface area contributed by atoms with E-state index in [2.05, 4.69) is 36.6 Å². The lowest BCUT2D eigenvalue weighted by molar-refractivity contribution is -0.385. The van der Waals surface area contributed by atoms with Crippen molar-refractivity contribution in [2.24, 2.45) is 0 Å².